The summed E-state index contributed by atoms with van der Waals surface area (Å²) in [5.41, 5.74) is 10.9. The van der Waals surface area contributed by atoms with Gasteiger partial charge in [0.2, 0.25) is 0 Å². The maximum Gasteiger partial charge on any atom is 0.266 e. The molecule has 35 heavy (non-hydrogen) atoms. The van der Waals surface area contributed by atoms with Gasteiger partial charge in [-0.1, -0.05) is 48.9 Å². The molecule has 5 N–H and O–H groups in total. The molecule has 7 nitrogen and oxygen atoms in total. The van der Waals surface area contributed by atoms with E-state index in [0.717, 1.165) is 22.4 Å². The fraction of sp³-hybridized carbons (Fsp3) is 0.222. The molecule has 0 bridgehead atoms. The van der Waals surface area contributed by atoms with Gasteiger partial charge in [-0.15, -0.1) is 0 Å². The second kappa shape index (κ2) is 10.2. The molecule has 2 aromatic carbocycles. The fourth-order valence-corrected chi connectivity index (χ4v) is 4.25. The minimum absolute atomic E-state index is 0.107. The molecule has 180 valence electrons. The molecular formula is C27H27ClN4O3. The van der Waals surface area contributed by atoms with E-state index in [1.54, 1.807) is 24.3 Å². The lowest BCUT2D eigenvalue weighted by atomic mass is 9.85. The Morgan fingerprint density at radius 3 is 2.17 bits per heavy atom. The molecule has 0 atom stereocenters. The summed E-state index contributed by atoms with van der Waals surface area (Å²) in [5, 5.41) is 5.54. The van der Waals surface area contributed by atoms with Crippen molar-refractivity contribution in [1.82, 2.24) is 10.3 Å². The van der Waals surface area contributed by atoms with Gasteiger partial charge in [-0.3, -0.25) is 14.4 Å². The van der Waals surface area contributed by atoms with Gasteiger partial charge in [-0.25, -0.2) is 0 Å². The summed E-state index contributed by atoms with van der Waals surface area (Å²) in [7, 11) is 0. The Bertz CT molecular complexity index is 1290. The lowest BCUT2D eigenvalue weighted by Crippen LogP contribution is -2.32. The number of carbonyl (C=O) groups is 3. The van der Waals surface area contributed by atoms with E-state index in [4.69, 9.17) is 17.3 Å². The Labute approximate surface area is 208 Å². The van der Waals surface area contributed by atoms with Crippen molar-refractivity contribution in [2.24, 2.45) is 11.7 Å². The molecule has 1 aromatic heterocycles. The molecule has 0 radical (unpaired) electrons. The monoisotopic (exact) mass is 490 g/mol. The average molecular weight is 491 g/mol. The van der Waals surface area contributed by atoms with Gasteiger partial charge in [0.05, 0.1) is 5.03 Å². The van der Waals surface area contributed by atoms with Crippen LogP contribution in [0.2, 0.25) is 0 Å². The first-order valence-electron chi connectivity index (χ1n) is 11.4. The topological polar surface area (TPSA) is 117 Å². The first-order chi connectivity index (χ1) is 16.7. The van der Waals surface area contributed by atoms with Crippen LogP contribution >= 0.6 is 11.6 Å². The third-order valence-electron chi connectivity index (χ3n) is 6.32. The number of hydrogen-bond donors (Lipinski definition) is 4. The van der Waals surface area contributed by atoms with Crippen molar-refractivity contribution in [2.45, 2.75) is 26.2 Å². The molecule has 1 heterocycles. The third kappa shape index (κ3) is 5.30. The summed E-state index contributed by atoms with van der Waals surface area (Å²) >= 11 is 5.64. The molecule has 4 rings (SSSR count). The van der Waals surface area contributed by atoms with Crippen LogP contribution < -0.4 is 16.4 Å². The van der Waals surface area contributed by atoms with Crippen LogP contribution in [0.25, 0.3) is 22.3 Å². The zero-order chi connectivity index (χ0) is 25.1. The quantitative estimate of drug-likeness (QED) is 0.333. The predicted molar refractivity (Wildman–Crippen MR) is 138 cm³/mol. The molecule has 0 saturated heterocycles. The maximum absolute atomic E-state index is 12.5. The summed E-state index contributed by atoms with van der Waals surface area (Å²) < 4.78 is 0. The van der Waals surface area contributed by atoms with E-state index >= 15 is 0 Å². The maximum atomic E-state index is 12.5. The summed E-state index contributed by atoms with van der Waals surface area (Å²) in [4.78, 5) is 39.6. The first-order valence-corrected chi connectivity index (χ1v) is 11.8. The highest BCUT2D eigenvalue weighted by molar-refractivity contribution is 6.43. The first kappa shape index (κ1) is 24.3. The highest BCUT2D eigenvalue weighted by atomic mass is 35.5. The number of anilines is 1. The van der Waals surface area contributed by atoms with Crippen LogP contribution in [0.3, 0.4) is 0 Å². The van der Waals surface area contributed by atoms with Gasteiger partial charge < -0.3 is 21.4 Å². The van der Waals surface area contributed by atoms with Crippen molar-refractivity contribution in [1.29, 1.82) is 0 Å². The van der Waals surface area contributed by atoms with Crippen molar-refractivity contribution < 1.29 is 14.4 Å². The van der Waals surface area contributed by atoms with Crippen LogP contribution in [0.15, 0.2) is 60.1 Å². The van der Waals surface area contributed by atoms with E-state index in [1.165, 1.54) is 19.3 Å². The number of aromatic amines is 1. The number of H-pyrrole nitrogens is 1. The SMILES string of the molecule is C=C(Cl)C(=O)Nc1ccc(-c2c(C)[nH]c(C(N)=O)c2-c2ccc(C(=O)NCC3CCC3)cc2)cc1. The largest absolute Gasteiger partial charge is 0.364 e. The molecular weight excluding hydrogens is 464 g/mol. The standard InChI is InChI=1S/C27H27ClN4O3/c1-15(28)26(34)32-21-12-10-18(11-13-21)22-16(2)31-24(25(29)33)23(22)19-6-8-20(9-7-19)27(35)30-14-17-4-3-5-17/h6-13,17,31H,1,3-5,14H2,2H3,(H2,29,33)(H,30,35)(H,32,34). The molecule has 1 aliphatic carbocycles. The van der Waals surface area contributed by atoms with E-state index < -0.39 is 11.8 Å². The number of halogens is 1. The Morgan fingerprint density at radius 1 is 1.03 bits per heavy atom. The number of amides is 3. The van der Waals surface area contributed by atoms with Crippen molar-refractivity contribution in [3.05, 3.63) is 77.1 Å². The Kier molecular flexibility index (Phi) is 7.07. The number of primary amides is 1. The van der Waals surface area contributed by atoms with Gasteiger partial charge in [-0.2, -0.15) is 0 Å². The predicted octanol–water partition coefficient (Wildman–Crippen LogP) is 4.98. The number of rotatable bonds is 8. The number of aromatic nitrogens is 1. The molecule has 3 amide bonds. The van der Waals surface area contributed by atoms with Gasteiger partial charge in [0.1, 0.15) is 5.69 Å². The van der Waals surface area contributed by atoms with Gasteiger partial charge in [0.25, 0.3) is 17.7 Å². The minimum Gasteiger partial charge on any atom is -0.364 e. The van der Waals surface area contributed by atoms with E-state index in [1.807, 2.05) is 31.2 Å². The fourth-order valence-electron chi connectivity index (χ4n) is 4.20. The van der Waals surface area contributed by atoms with Gasteiger partial charge >= 0.3 is 0 Å². The zero-order valence-electron chi connectivity index (χ0n) is 19.4. The highest BCUT2D eigenvalue weighted by Crippen LogP contribution is 2.38. The summed E-state index contributed by atoms with van der Waals surface area (Å²) in [6.45, 7) is 5.97. The second-order valence-electron chi connectivity index (χ2n) is 8.76. The zero-order valence-corrected chi connectivity index (χ0v) is 20.2. The van der Waals surface area contributed by atoms with Crippen LogP contribution in [-0.2, 0) is 4.79 Å². The van der Waals surface area contributed by atoms with Gasteiger partial charge in [0.15, 0.2) is 0 Å². The smallest absolute Gasteiger partial charge is 0.266 e. The number of nitrogens with two attached hydrogens (primary N) is 1. The minimum atomic E-state index is -0.582. The Morgan fingerprint density at radius 2 is 1.63 bits per heavy atom. The van der Waals surface area contributed by atoms with E-state index in [9.17, 15) is 14.4 Å². The van der Waals surface area contributed by atoms with Crippen LogP contribution in [0.5, 0.6) is 0 Å². The third-order valence-corrected chi connectivity index (χ3v) is 6.50. The van der Waals surface area contributed by atoms with Crippen molar-refractivity contribution in [2.75, 3.05) is 11.9 Å². The van der Waals surface area contributed by atoms with Crippen molar-refractivity contribution >= 4 is 35.0 Å². The molecule has 0 spiro atoms. The van der Waals surface area contributed by atoms with Crippen LogP contribution in [0.1, 0.15) is 45.8 Å². The summed E-state index contributed by atoms with van der Waals surface area (Å²) in [6.07, 6.45) is 3.57. The van der Waals surface area contributed by atoms with Gasteiger partial charge in [0, 0.05) is 34.6 Å². The number of aryl methyl sites for hydroxylation is 1. The normalized spacial score (nSPS) is 13.1. The number of hydrogen-bond acceptors (Lipinski definition) is 3. The number of nitrogens with one attached hydrogen (secondary N) is 3. The lowest BCUT2D eigenvalue weighted by Gasteiger charge is -2.25. The number of benzene rings is 2. The van der Waals surface area contributed by atoms with Crippen LogP contribution in [-0.4, -0.2) is 29.3 Å². The molecule has 1 aliphatic rings. The molecule has 3 aromatic rings. The van der Waals surface area contributed by atoms with E-state index in [0.29, 0.717) is 29.3 Å². The number of carbonyl (C=O) groups excluding carboxylic acids is 3. The van der Waals surface area contributed by atoms with Crippen molar-refractivity contribution in [3.8, 4) is 22.3 Å². The summed E-state index contributed by atoms with van der Waals surface area (Å²) in [6, 6.07) is 14.3. The van der Waals surface area contributed by atoms with Crippen LogP contribution in [0.4, 0.5) is 5.69 Å². The van der Waals surface area contributed by atoms with E-state index in [-0.39, 0.29) is 16.6 Å². The van der Waals surface area contributed by atoms with Gasteiger partial charge in [-0.05, 0) is 61.1 Å². The van der Waals surface area contributed by atoms with E-state index in [2.05, 4.69) is 22.2 Å². The highest BCUT2D eigenvalue weighted by Gasteiger charge is 2.22. The second-order valence-corrected chi connectivity index (χ2v) is 9.22. The summed E-state index contributed by atoms with van der Waals surface area (Å²) in [5.74, 6) is -0.594. The Balaban J connectivity index is 1.63. The van der Waals surface area contributed by atoms with Crippen LogP contribution in [0, 0.1) is 12.8 Å². The molecule has 1 saturated carbocycles. The molecule has 8 heteroatoms. The Hall–Kier alpha value is -3.84. The molecule has 1 fully saturated rings. The van der Waals surface area contributed by atoms with Crippen molar-refractivity contribution in [3.63, 3.8) is 0 Å². The molecule has 0 unspecified atom stereocenters. The average Bonchev–Trinajstić information content (AvgIpc) is 3.16. The lowest BCUT2D eigenvalue weighted by molar-refractivity contribution is -0.112. The molecule has 0 aliphatic heterocycles.